The van der Waals surface area contributed by atoms with E-state index in [1.165, 1.54) is 18.6 Å². The van der Waals surface area contributed by atoms with E-state index in [0.717, 1.165) is 13.0 Å². The van der Waals surface area contributed by atoms with Crippen LogP contribution in [0.5, 0.6) is 0 Å². The van der Waals surface area contributed by atoms with Crippen molar-refractivity contribution in [3.8, 4) is 0 Å². The Kier molecular flexibility index (Phi) is 5.33. The van der Waals surface area contributed by atoms with Gasteiger partial charge >= 0.3 is 0 Å². The van der Waals surface area contributed by atoms with E-state index in [1.807, 2.05) is 18.7 Å². The Balaban J connectivity index is 2.08. The maximum Gasteiger partial charge on any atom is 0.221 e. The van der Waals surface area contributed by atoms with Crippen LogP contribution in [-0.2, 0) is 4.79 Å². The number of thioether (sulfide) groups is 1. The number of carbonyl (C=O) groups excluding carboxylic acids is 1. The Bertz CT molecular complexity index is 181. The molecule has 3 nitrogen and oxygen atoms in total. The molecular formula is C10H20N2OS. The number of hydrogen-bond acceptors (Lipinski definition) is 3. The van der Waals surface area contributed by atoms with Gasteiger partial charge in [-0.05, 0) is 25.0 Å². The molecule has 14 heavy (non-hydrogen) atoms. The van der Waals surface area contributed by atoms with Gasteiger partial charge in [0.15, 0.2) is 0 Å². The molecule has 1 heterocycles. The molecule has 2 unspecified atom stereocenters. The predicted octanol–water partition coefficient (Wildman–Crippen LogP) is 1.13. The molecule has 1 aliphatic rings. The topological polar surface area (TPSA) is 55.1 Å². The summed E-state index contributed by atoms with van der Waals surface area (Å²) < 4.78 is 0. The van der Waals surface area contributed by atoms with Gasteiger partial charge in [0.2, 0.25) is 5.91 Å². The Morgan fingerprint density at radius 1 is 1.71 bits per heavy atom. The van der Waals surface area contributed by atoms with Crippen LogP contribution in [0.2, 0.25) is 0 Å². The minimum absolute atomic E-state index is 0.0197. The summed E-state index contributed by atoms with van der Waals surface area (Å²) in [6.07, 6.45) is 3.87. The third-order valence-electron chi connectivity index (χ3n) is 2.52. The van der Waals surface area contributed by atoms with Crippen molar-refractivity contribution in [1.82, 2.24) is 5.32 Å². The van der Waals surface area contributed by atoms with Gasteiger partial charge in [0.05, 0.1) is 0 Å². The molecule has 1 fully saturated rings. The summed E-state index contributed by atoms with van der Waals surface area (Å²) in [5.41, 5.74) is 5.69. The number of rotatable bonds is 5. The van der Waals surface area contributed by atoms with Crippen molar-refractivity contribution in [3.05, 3.63) is 0 Å². The number of hydrogen-bond donors (Lipinski definition) is 2. The molecule has 1 saturated heterocycles. The van der Waals surface area contributed by atoms with E-state index < -0.39 is 0 Å². The van der Waals surface area contributed by atoms with Crippen LogP contribution >= 0.6 is 11.8 Å². The van der Waals surface area contributed by atoms with Gasteiger partial charge < -0.3 is 11.1 Å². The van der Waals surface area contributed by atoms with Crippen LogP contribution in [0.3, 0.4) is 0 Å². The number of carbonyl (C=O) groups is 1. The van der Waals surface area contributed by atoms with Crippen LogP contribution in [0.4, 0.5) is 0 Å². The fraction of sp³-hybridized carbons (Fsp3) is 0.900. The lowest BCUT2D eigenvalue weighted by Crippen LogP contribution is -2.34. The summed E-state index contributed by atoms with van der Waals surface area (Å²) in [6, 6.07) is 0.0197. The highest BCUT2D eigenvalue weighted by molar-refractivity contribution is 8.00. The summed E-state index contributed by atoms with van der Waals surface area (Å²) in [7, 11) is 0. The van der Waals surface area contributed by atoms with E-state index in [-0.39, 0.29) is 11.9 Å². The molecule has 0 aromatic rings. The van der Waals surface area contributed by atoms with Gasteiger partial charge in [-0.25, -0.2) is 0 Å². The van der Waals surface area contributed by atoms with E-state index in [2.05, 4.69) is 5.32 Å². The number of amides is 1. The van der Waals surface area contributed by atoms with Crippen molar-refractivity contribution >= 4 is 17.7 Å². The molecule has 0 radical (unpaired) electrons. The lowest BCUT2D eigenvalue weighted by atomic mass is 10.1. The van der Waals surface area contributed by atoms with Crippen molar-refractivity contribution in [1.29, 1.82) is 0 Å². The quantitative estimate of drug-likeness (QED) is 0.724. The maximum atomic E-state index is 11.4. The smallest absolute Gasteiger partial charge is 0.221 e. The molecule has 0 bridgehead atoms. The number of nitrogens with two attached hydrogens (primary N) is 1. The zero-order chi connectivity index (χ0) is 10.4. The largest absolute Gasteiger partial charge is 0.355 e. The van der Waals surface area contributed by atoms with Gasteiger partial charge in [-0.15, -0.1) is 0 Å². The Hall–Kier alpha value is -0.220. The molecule has 82 valence electrons. The predicted molar refractivity (Wildman–Crippen MR) is 61.4 cm³/mol. The molecule has 4 heteroatoms. The van der Waals surface area contributed by atoms with Crippen molar-refractivity contribution in [2.45, 2.75) is 43.9 Å². The minimum Gasteiger partial charge on any atom is -0.355 e. The minimum atomic E-state index is 0.0197. The first-order valence-electron chi connectivity index (χ1n) is 5.36. The third kappa shape index (κ3) is 4.33. The molecule has 0 aromatic heterocycles. The highest BCUT2D eigenvalue weighted by Gasteiger charge is 2.16. The van der Waals surface area contributed by atoms with Gasteiger partial charge in [-0.3, -0.25) is 4.79 Å². The lowest BCUT2D eigenvalue weighted by molar-refractivity contribution is -0.121. The normalized spacial score (nSPS) is 23.4. The van der Waals surface area contributed by atoms with Gasteiger partial charge in [-0.1, -0.05) is 6.92 Å². The van der Waals surface area contributed by atoms with E-state index in [1.54, 1.807) is 0 Å². The summed E-state index contributed by atoms with van der Waals surface area (Å²) in [4.78, 5) is 11.4. The fourth-order valence-electron chi connectivity index (χ4n) is 1.49. The Morgan fingerprint density at radius 2 is 2.50 bits per heavy atom. The van der Waals surface area contributed by atoms with Crippen molar-refractivity contribution in [2.24, 2.45) is 5.73 Å². The average molecular weight is 216 g/mol. The van der Waals surface area contributed by atoms with Crippen LogP contribution in [-0.4, -0.2) is 29.5 Å². The molecule has 1 rings (SSSR count). The number of nitrogens with one attached hydrogen (secondary N) is 1. The van der Waals surface area contributed by atoms with Crippen molar-refractivity contribution in [3.63, 3.8) is 0 Å². The zero-order valence-corrected chi connectivity index (χ0v) is 9.61. The summed E-state index contributed by atoms with van der Waals surface area (Å²) in [5.74, 6) is 1.35. The van der Waals surface area contributed by atoms with E-state index in [4.69, 9.17) is 5.73 Å². The third-order valence-corrected chi connectivity index (χ3v) is 3.92. The second-order valence-electron chi connectivity index (χ2n) is 3.81. The molecule has 0 aromatic carbocycles. The van der Waals surface area contributed by atoms with E-state index in [0.29, 0.717) is 11.7 Å². The molecular weight excluding hydrogens is 196 g/mol. The van der Waals surface area contributed by atoms with Gasteiger partial charge in [0, 0.05) is 24.3 Å². The first-order chi connectivity index (χ1) is 6.72. The summed E-state index contributed by atoms with van der Waals surface area (Å²) in [6.45, 7) is 2.82. The standard InChI is InChI=1S/C10H20N2OS/c1-2-8(11)6-10(13)12-7-9-4-3-5-14-9/h8-9H,2-7,11H2,1H3,(H,12,13). The molecule has 0 saturated carbocycles. The van der Waals surface area contributed by atoms with Gasteiger partial charge in [-0.2, -0.15) is 11.8 Å². The lowest BCUT2D eigenvalue weighted by Gasteiger charge is -2.12. The fourth-order valence-corrected chi connectivity index (χ4v) is 2.69. The highest BCUT2D eigenvalue weighted by Crippen LogP contribution is 2.25. The summed E-state index contributed by atoms with van der Waals surface area (Å²) in [5, 5.41) is 3.59. The maximum absolute atomic E-state index is 11.4. The SMILES string of the molecule is CCC(N)CC(=O)NCC1CCCS1. The molecule has 1 amide bonds. The average Bonchev–Trinajstić information content (AvgIpc) is 2.67. The molecule has 0 spiro atoms. The van der Waals surface area contributed by atoms with Gasteiger partial charge in [0.25, 0.3) is 0 Å². The monoisotopic (exact) mass is 216 g/mol. The molecule has 0 aliphatic carbocycles. The van der Waals surface area contributed by atoms with Gasteiger partial charge in [0.1, 0.15) is 0 Å². The van der Waals surface area contributed by atoms with Crippen molar-refractivity contribution in [2.75, 3.05) is 12.3 Å². The Labute approximate surface area is 90.2 Å². The van der Waals surface area contributed by atoms with Crippen LogP contribution in [0.15, 0.2) is 0 Å². The van der Waals surface area contributed by atoms with Crippen LogP contribution in [0.1, 0.15) is 32.6 Å². The zero-order valence-electron chi connectivity index (χ0n) is 8.79. The molecule has 2 atom stereocenters. The second kappa shape index (κ2) is 6.30. The van der Waals surface area contributed by atoms with E-state index in [9.17, 15) is 4.79 Å². The molecule has 3 N–H and O–H groups in total. The van der Waals surface area contributed by atoms with Crippen LogP contribution < -0.4 is 11.1 Å². The first kappa shape index (κ1) is 11.9. The van der Waals surface area contributed by atoms with Crippen molar-refractivity contribution < 1.29 is 4.79 Å². The first-order valence-corrected chi connectivity index (χ1v) is 6.41. The Morgan fingerprint density at radius 3 is 3.07 bits per heavy atom. The van der Waals surface area contributed by atoms with E-state index >= 15 is 0 Å². The second-order valence-corrected chi connectivity index (χ2v) is 5.22. The van der Waals surface area contributed by atoms with Crippen LogP contribution in [0, 0.1) is 0 Å². The summed E-state index contributed by atoms with van der Waals surface area (Å²) >= 11 is 1.96. The molecule has 1 aliphatic heterocycles. The van der Waals surface area contributed by atoms with Crippen LogP contribution in [0.25, 0.3) is 0 Å². The highest BCUT2D eigenvalue weighted by atomic mass is 32.2.